The molecule has 1 N–H and O–H groups in total. The Balaban J connectivity index is 2.12. The topological polar surface area (TPSA) is 21.3 Å². The molecule has 1 aliphatic rings. The largest absolute Gasteiger partial charge is 0.496 e. The second kappa shape index (κ2) is 5.11. The van der Waals surface area contributed by atoms with Gasteiger partial charge in [0.25, 0.3) is 0 Å². The normalized spacial score (nSPS) is 25.4. The van der Waals surface area contributed by atoms with E-state index in [1.54, 1.807) is 7.11 Å². The first-order chi connectivity index (χ1) is 7.70. The van der Waals surface area contributed by atoms with Crippen LogP contribution in [0.2, 0.25) is 0 Å². The number of nitrogens with one attached hydrogen (secondary N) is 1. The van der Waals surface area contributed by atoms with E-state index in [-0.39, 0.29) is 0 Å². The molecule has 1 heterocycles. The highest BCUT2D eigenvalue weighted by Gasteiger charge is 2.19. The minimum absolute atomic E-state index is 0.445. The first-order valence-corrected chi connectivity index (χ1v) is 6.75. The molecule has 2 nitrogen and oxygen atoms in total. The Hall–Kier alpha value is -0.670. The van der Waals surface area contributed by atoms with Crippen LogP contribution in [0.4, 0.5) is 0 Å². The molecule has 0 amide bonds. The average molecular weight is 237 g/mol. The molecule has 0 spiro atoms. The number of benzene rings is 1. The third-order valence-electron chi connectivity index (χ3n) is 2.92. The second-order valence-electron chi connectivity index (χ2n) is 4.46. The van der Waals surface area contributed by atoms with Gasteiger partial charge in [-0.1, -0.05) is 13.0 Å². The maximum absolute atomic E-state index is 5.28. The first-order valence-electron chi connectivity index (χ1n) is 5.70. The van der Waals surface area contributed by atoms with Gasteiger partial charge in [-0.15, -0.1) is 11.8 Å². The van der Waals surface area contributed by atoms with Crippen LogP contribution in [0.1, 0.15) is 23.4 Å². The SMILES string of the molecule is COc1ccc(C2NCC(C)CS2)cc1C. The van der Waals surface area contributed by atoms with Crippen LogP contribution in [0.25, 0.3) is 0 Å². The lowest BCUT2D eigenvalue weighted by Gasteiger charge is -2.28. The van der Waals surface area contributed by atoms with Gasteiger partial charge in [-0.2, -0.15) is 0 Å². The third kappa shape index (κ3) is 2.53. The van der Waals surface area contributed by atoms with E-state index < -0.39 is 0 Å². The molecule has 88 valence electrons. The molecule has 1 saturated heterocycles. The molecule has 1 aliphatic heterocycles. The van der Waals surface area contributed by atoms with E-state index in [9.17, 15) is 0 Å². The summed E-state index contributed by atoms with van der Waals surface area (Å²) in [6.07, 6.45) is 0. The summed E-state index contributed by atoms with van der Waals surface area (Å²) in [6.45, 7) is 5.50. The molecule has 2 atom stereocenters. The highest BCUT2D eigenvalue weighted by Crippen LogP contribution is 2.33. The van der Waals surface area contributed by atoms with Gasteiger partial charge in [-0.05, 0) is 48.4 Å². The van der Waals surface area contributed by atoms with E-state index in [4.69, 9.17) is 4.74 Å². The molecule has 0 aliphatic carbocycles. The smallest absolute Gasteiger partial charge is 0.121 e. The predicted octanol–water partition coefficient (Wildman–Crippen LogP) is 2.97. The van der Waals surface area contributed by atoms with Crippen molar-refractivity contribution in [3.05, 3.63) is 29.3 Å². The maximum Gasteiger partial charge on any atom is 0.121 e. The summed E-state index contributed by atoms with van der Waals surface area (Å²) >= 11 is 1.99. The highest BCUT2D eigenvalue weighted by atomic mass is 32.2. The summed E-state index contributed by atoms with van der Waals surface area (Å²) in [6, 6.07) is 6.44. The quantitative estimate of drug-likeness (QED) is 0.854. The number of hydrogen-bond acceptors (Lipinski definition) is 3. The van der Waals surface area contributed by atoms with Gasteiger partial charge in [0, 0.05) is 0 Å². The van der Waals surface area contributed by atoms with E-state index in [1.807, 2.05) is 11.8 Å². The van der Waals surface area contributed by atoms with Crippen molar-refractivity contribution in [3.8, 4) is 5.75 Å². The fourth-order valence-electron chi connectivity index (χ4n) is 1.97. The van der Waals surface area contributed by atoms with E-state index in [2.05, 4.69) is 37.4 Å². The van der Waals surface area contributed by atoms with Crippen LogP contribution in [0.15, 0.2) is 18.2 Å². The lowest BCUT2D eigenvalue weighted by atomic mass is 10.1. The molecule has 0 bridgehead atoms. The van der Waals surface area contributed by atoms with Gasteiger partial charge >= 0.3 is 0 Å². The Morgan fingerprint density at radius 3 is 2.81 bits per heavy atom. The highest BCUT2D eigenvalue weighted by molar-refractivity contribution is 7.99. The predicted molar refractivity (Wildman–Crippen MR) is 70.1 cm³/mol. The summed E-state index contributed by atoms with van der Waals surface area (Å²) in [5, 5.41) is 4.02. The average Bonchev–Trinajstić information content (AvgIpc) is 2.30. The minimum atomic E-state index is 0.445. The summed E-state index contributed by atoms with van der Waals surface area (Å²) in [5.41, 5.74) is 2.57. The van der Waals surface area contributed by atoms with Crippen LogP contribution >= 0.6 is 11.8 Å². The van der Waals surface area contributed by atoms with Crippen molar-refractivity contribution in [2.24, 2.45) is 5.92 Å². The van der Waals surface area contributed by atoms with Crippen LogP contribution < -0.4 is 10.1 Å². The van der Waals surface area contributed by atoms with Crippen molar-refractivity contribution in [3.63, 3.8) is 0 Å². The van der Waals surface area contributed by atoms with Crippen LogP contribution in [0.5, 0.6) is 5.75 Å². The Morgan fingerprint density at radius 2 is 2.25 bits per heavy atom. The van der Waals surface area contributed by atoms with Gasteiger partial charge in [-0.3, -0.25) is 0 Å². The Bertz CT molecular complexity index is 359. The number of aryl methyl sites for hydroxylation is 1. The van der Waals surface area contributed by atoms with Crippen molar-refractivity contribution >= 4 is 11.8 Å². The van der Waals surface area contributed by atoms with E-state index in [1.165, 1.54) is 16.9 Å². The lowest BCUT2D eigenvalue weighted by Crippen LogP contribution is -2.31. The summed E-state index contributed by atoms with van der Waals surface area (Å²) < 4.78 is 5.28. The van der Waals surface area contributed by atoms with Gasteiger partial charge in [0.05, 0.1) is 12.5 Å². The fourth-order valence-corrected chi connectivity index (χ4v) is 3.16. The van der Waals surface area contributed by atoms with Gasteiger partial charge in [0.1, 0.15) is 5.75 Å². The zero-order valence-electron chi connectivity index (χ0n) is 10.1. The van der Waals surface area contributed by atoms with Crippen molar-refractivity contribution < 1.29 is 4.74 Å². The number of methoxy groups -OCH3 is 1. The lowest BCUT2D eigenvalue weighted by molar-refractivity contribution is 0.411. The number of thioether (sulfide) groups is 1. The van der Waals surface area contributed by atoms with Crippen molar-refractivity contribution in [2.45, 2.75) is 19.2 Å². The molecular formula is C13H19NOS. The summed E-state index contributed by atoms with van der Waals surface area (Å²) in [5.74, 6) is 2.99. The van der Waals surface area contributed by atoms with E-state index in [0.717, 1.165) is 18.2 Å². The third-order valence-corrected chi connectivity index (χ3v) is 4.45. The fraction of sp³-hybridized carbons (Fsp3) is 0.538. The molecule has 1 aromatic carbocycles. The molecule has 0 aromatic heterocycles. The Labute approximate surface area is 102 Å². The van der Waals surface area contributed by atoms with Crippen LogP contribution in [-0.4, -0.2) is 19.4 Å². The molecular weight excluding hydrogens is 218 g/mol. The number of hydrogen-bond donors (Lipinski definition) is 1. The van der Waals surface area contributed by atoms with Gasteiger partial charge in [-0.25, -0.2) is 0 Å². The van der Waals surface area contributed by atoms with Crippen LogP contribution in [-0.2, 0) is 0 Å². The van der Waals surface area contributed by atoms with E-state index >= 15 is 0 Å². The van der Waals surface area contributed by atoms with Crippen molar-refractivity contribution in [1.82, 2.24) is 5.32 Å². The molecule has 0 saturated carbocycles. The van der Waals surface area contributed by atoms with Crippen molar-refractivity contribution in [2.75, 3.05) is 19.4 Å². The first kappa shape index (κ1) is 11.8. The zero-order chi connectivity index (χ0) is 11.5. The Morgan fingerprint density at radius 1 is 1.44 bits per heavy atom. The Kier molecular flexibility index (Phi) is 3.77. The van der Waals surface area contributed by atoms with Crippen LogP contribution in [0, 0.1) is 12.8 Å². The van der Waals surface area contributed by atoms with Gasteiger partial charge < -0.3 is 10.1 Å². The van der Waals surface area contributed by atoms with Gasteiger partial charge in [0.2, 0.25) is 0 Å². The summed E-state index contributed by atoms with van der Waals surface area (Å²) in [7, 11) is 1.72. The monoisotopic (exact) mass is 237 g/mol. The molecule has 3 heteroatoms. The zero-order valence-corrected chi connectivity index (χ0v) is 10.9. The molecule has 1 fully saturated rings. The summed E-state index contributed by atoms with van der Waals surface area (Å²) in [4.78, 5) is 0. The standard InChI is InChI=1S/C13H19NOS/c1-9-7-14-13(16-8-9)11-4-5-12(15-3)10(2)6-11/h4-6,9,13-14H,7-8H2,1-3H3. The second-order valence-corrected chi connectivity index (χ2v) is 5.59. The maximum atomic E-state index is 5.28. The number of rotatable bonds is 2. The van der Waals surface area contributed by atoms with Gasteiger partial charge in [0.15, 0.2) is 0 Å². The molecule has 2 unspecified atom stereocenters. The van der Waals surface area contributed by atoms with Crippen LogP contribution in [0.3, 0.4) is 0 Å². The van der Waals surface area contributed by atoms with E-state index in [0.29, 0.717) is 5.37 Å². The van der Waals surface area contributed by atoms with Crippen molar-refractivity contribution in [1.29, 1.82) is 0 Å². The molecule has 16 heavy (non-hydrogen) atoms. The molecule has 2 rings (SSSR count). The molecule has 0 radical (unpaired) electrons. The molecule has 1 aromatic rings. The minimum Gasteiger partial charge on any atom is -0.496 e. The number of ether oxygens (including phenoxy) is 1.